The molecule has 0 aliphatic rings. The first-order chi connectivity index (χ1) is 14.7. The van der Waals surface area contributed by atoms with E-state index in [2.05, 4.69) is 31.2 Å². The molecule has 0 aliphatic heterocycles. The second kappa shape index (κ2) is 24.2. The van der Waals surface area contributed by atoms with E-state index < -0.39 is 26.4 Å². The molecule has 0 fully saturated rings. The first kappa shape index (κ1) is 32.7. The van der Waals surface area contributed by atoms with E-state index in [9.17, 15) is 9.36 Å². The van der Waals surface area contributed by atoms with E-state index in [-0.39, 0.29) is 0 Å². The van der Waals surface area contributed by atoms with Crippen LogP contribution in [0.25, 0.3) is 0 Å². The zero-order valence-corrected chi connectivity index (χ0v) is 21.4. The van der Waals surface area contributed by atoms with Gasteiger partial charge in [-0.05, 0) is 27.1 Å². The molecule has 4 N–H and O–H groups in total. The van der Waals surface area contributed by atoms with E-state index in [4.69, 9.17) is 14.9 Å². The van der Waals surface area contributed by atoms with Crippen LogP contribution in [0.5, 0.6) is 0 Å². The maximum Gasteiger partial charge on any atom is 0.339 e. The molecule has 0 rings (SSSR count). The summed E-state index contributed by atoms with van der Waals surface area (Å²) in [7, 11) is 0.247. The van der Waals surface area contributed by atoms with Crippen LogP contribution >= 0.6 is 7.60 Å². The minimum atomic E-state index is -4.10. The molecule has 0 amide bonds. The summed E-state index contributed by atoms with van der Waals surface area (Å²) in [5.74, 6) is -1.14. The lowest BCUT2D eigenvalue weighted by Gasteiger charge is -2.08. The van der Waals surface area contributed by atoms with Gasteiger partial charge in [0, 0.05) is 0 Å². The number of carboxylic acids is 1. The maximum absolute atomic E-state index is 10.1. The van der Waals surface area contributed by atoms with Gasteiger partial charge in [-0.3, -0.25) is 14.7 Å². The van der Waals surface area contributed by atoms with E-state index in [1.165, 1.54) is 109 Å². The highest BCUT2D eigenvalue weighted by Gasteiger charge is 2.11. The summed E-state index contributed by atoms with van der Waals surface area (Å²) < 4.78 is 10.1. The lowest BCUT2D eigenvalue weighted by atomic mass is 10.0. The second-order valence-corrected chi connectivity index (χ2v) is 10.4. The van der Waals surface area contributed by atoms with Crippen molar-refractivity contribution in [2.75, 3.05) is 33.5 Å². The average Bonchev–Trinajstić information content (AvgIpc) is 2.66. The number of unbranched alkanes of at least 4 members (excludes halogenated alkanes) is 15. The van der Waals surface area contributed by atoms with Gasteiger partial charge in [0.05, 0.1) is 12.8 Å². The Morgan fingerprint density at radius 2 is 1.10 bits per heavy atom. The van der Waals surface area contributed by atoms with Crippen molar-refractivity contribution in [3.63, 3.8) is 0 Å². The molecule has 0 aromatic carbocycles. The van der Waals surface area contributed by atoms with Gasteiger partial charge in [0.1, 0.15) is 0 Å². The quantitative estimate of drug-likeness (QED) is 0.129. The predicted molar refractivity (Wildman–Crippen MR) is 131 cm³/mol. The van der Waals surface area contributed by atoms with Crippen LogP contribution in [-0.2, 0) is 9.36 Å². The van der Waals surface area contributed by atoms with Crippen LogP contribution in [0.4, 0.5) is 0 Å². The van der Waals surface area contributed by atoms with E-state index in [0.29, 0.717) is 0 Å². The van der Waals surface area contributed by atoms with Crippen molar-refractivity contribution >= 4 is 13.6 Å². The fourth-order valence-electron chi connectivity index (χ4n) is 3.28. The summed E-state index contributed by atoms with van der Waals surface area (Å²) in [6.07, 6.45) is 22.7. The van der Waals surface area contributed by atoms with Gasteiger partial charge in [0.2, 0.25) is 0 Å². The van der Waals surface area contributed by atoms with Gasteiger partial charge in [-0.2, -0.15) is 0 Å². The summed E-state index contributed by atoms with van der Waals surface area (Å²) in [5.41, 5.74) is 0. The van der Waals surface area contributed by atoms with Crippen LogP contribution in [0.3, 0.4) is 0 Å². The number of aliphatic carboxylic acids is 1. The molecule has 0 saturated heterocycles. The molecule has 0 atom stereocenters. The molecule has 0 heterocycles. The Bertz CT molecular complexity index is 430. The lowest BCUT2D eigenvalue weighted by Crippen LogP contribution is -2.23. The van der Waals surface area contributed by atoms with Crippen LogP contribution in [0, 0.1) is 0 Å². The number of hydrogen-bond acceptors (Lipinski definition) is 4. The zero-order chi connectivity index (χ0) is 23.8. The van der Waals surface area contributed by atoms with E-state index in [1.54, 1.807) is 0 Å². The summed E-state index contributed by atoms with van der Waals surface area (Å²) in [5, 5.41) is 10.1. The fraction of sp³-hybridized carbons (Fsp3) is 0.957. The van der Waals surface area contributed by atoms with Crippen LogP contribution in [0.15, 0.2) is 0 Å². The molecule has 8 heteroatoms. The van der Waals surface area contributed by atoms with Gasteiger partial charge in [-0.1, -0.05) is 103 Å². The highest BCUT2D eigenvalue weighted by atomic mass is 31.2. The number of carboxylic acid groups (broad SMARTS) is 1. The number of hydrogen-bond donors (Lipinski definition) is 4. The minimum absolute atomic E-state index is 0.439. The third-order valence-electron chi connectivity index (χ3n) is 5.05. The Kier molecular flexibility index (Phi) is 25.5. The van der Waals surface area contributed by atoms with Crippen molar-refractivity contribution in [3.05, 3.63) is 0 Å². The summed E-state index contributed by atoms with van der Waals surface area (Å²) in [6, 6.07) is 0. The number of nitrogens with one attached hydrogen (secondary N) is 1. The SMILES string of the molecule is CCCCCCCCCCCCCCCCCCN(C)C.O=C(O)CNCP(=O)(O)O. The second-order valence-electron chi connectivity index (χ2n) is 8.75. The Labute approximate surface area is 191 Å². The summed E-state index contributed by atoms with van der Waals surface area (Å²) >= 11 is 0. The number of carbonyl (C=O) groups is 1. The van der Waals surface area contributed by atoms with Crippen molar-refractivity contribution in [2.24, 2.45) is 0 Å². The smallest absolute Gasteiger partial charge is 0.339 e. The van der Waals surface area contributed by atoms with Gasteiger partial charge >= 0.3 is 13.6 Å². The molecule has 0 spiro atoms. The third kappa shape index (κ3) is 37.2. The van der Waals surface area contributed by atoms with Gasteiger partial charge < -0.3 is 19.8 Å². The Morgan fingerprint density at radius 1 is 0.742 bits per heavy atom. The fourth-order valence-corrected chi connectivity index (χ4v) is 3.69. The largest absolute Gasteiger partial charge is 0.480 e. The lowest BCUT2D eigenvalue weighted by molar-refractivity contribution is -0.135. The van der Waals surface area contributed by atoms with Gasteiger partial charge in [0.15, 0.2) is 0 Å². The molecule has 7 nitrogen and oxygen atoms in total. The molecule has 0 aromatic heterocycles. The van der Waals surface area contributed by atoms with Gasteiger partial charge in [-0.25, -0.2) is 0 Å². The first-order valence-electron chi connectivity index (χ1n) is 12.3. The molecular weight excluding hydrogens is 415 g/mol. The van der Waals surface area contributed by atoms with Crippen molar-refractivity contribution in [1.82, 2.24) is 10.2 Å². The molecule has 188 valence electrons. The van der Waals surface area contributed by atoms with Crippen molar-refractivity contribution < 1.29 is 24.3 Å². The Balaban J connectivity index is 0. The van der Waals surface area contributed by atoms with Crippen LogP contribution in [-0.4, -0.2) is 59.2 Å². The Morgan fingerprint density at radius 3 is 1.39 bits per heavy atom. The van der Waals surface area contributed by atoms with Crippen molar-refractivity contribution in [1.29, 1.82) is 0 Å². The number of nitrogens with zero attached hydrogens (tertiary/aromatic N) is 1. The summed E-state index contributed by atoms with van der Waals surface area (Å²) in [6.45, 7) is 3.12. The average molecular weight is 467 g/mol. The normalized spacial score (nSPS) is 11.4. The third-order valence-corrected chi connectivity index (χ3v) is 5.69. The maximum atomic E-state index is 10.1. The molecule has 0 unspecified atom stereocenters. The molecule has 0 aliphatic carbocycles. The van der Waals surface area contributed by atoms with E-state index >= 15 is 0 Å². The van der Waals surface area contributed by atoms with Gasteiger partial charge in [0.25, 0.3) is 0 Å². The minimum Gasteiger partial charge on any atom is -0.480 e. The monoisotopic (exact) mass is 466 g/mol. The topological polar surface area (TPSA) is 110 Å². The van der Waals surface area contributed by atoms with Gasteiger partial charge in [-0.15, -0.1) is 0 Å². The molecular formula is C23H51N2O5P. The zero-order valence-electron chi connectivity index (χ0n) is 20.5. The summed E-state index contributed by atoms with van der Waals surface area (Å²) in [4.78, 5) is 28.4. The molecule has 0 aromatic rings. The highest BCUT2D eigenvalue weighted by Crippen LogP contribution is 2.31. The van der Waals surface area contributed by atoms with Crippen molar-refractivity contribution in [3.8, 4) is 0 Å². The van der Waals surface area contributed by atoms with E-state index in [1.807, 2.05) is 0 Å². The first-order valence-corrected chi connectivity index (χ1v) is 14.1. The number of rotatable bonds is 21. The highest BCUT2D eigenvalue weighted by molar-refractivity contribution is 7.51. The molecule has 0 bridgehead atoms. The van der Waals surface area contributed by atoms with E-state index in [0.717, 1.165) is 0 Å². The Hall–Kier alpha value is -0.460. The molecule has 31 heavy (non-hydrogen) atoms. The van der Waals surface area contributed by atoms with Crippen LogP contribution in [0.1, 0.15) is 110 Å². The standard InChI is InChI=1S/C20H43N.C3H8NO5P/c1-4-5-6-7-8-9-10-11-12-13-14-15-16-17-18-19-20-21(2)3;5-3(6)1-4-2-10(7,8)9/h4-20H2,1-3H3;4H,1-2H2,(H,5,6)(H2,7,8,9). The molecule has 0 radical (unpaired) electrons. The predicted octanol–water partition coefficient (Wildman–Crippen LogP) is 5.61. The molecule has 0 saturated carbocycles. The van der Waals surface area contributed by atoms with Crippen LogP contribution in [0.2, 0.25) is 0 Å². The van der Waals surface area contributed by atoms with Crippen LogP contribution < -0.4 is 5.32 Å². The van der Waals surface area contributed by atoms with Crippen molar-refractivity contribution in [2.45, 2.75) is 110 Å².